The van der Waals surface area contributed by atoms with Crippen LogP contribution in [0.4, 0.5) is 14.5 Å². The molecule has 1 amide bonds. The molecule has 6 nitrogen and oxygen atoms in total. The summed E-state index contributed by atoms with van der Waals surface area (Å²) in [7, 11) is 0. The van der Waals surface area contributed by atoms with Crippen LogP contribution in [0.25, 0.3) is 0 Å². The number of hydrogen-bond acceptors (Lipinski definition) is 4. The molecule has 2 aromatic carbocycles. The fraction of sp³-hybridized carbons (Fsp3) is 0.364. The molecule has 30 heavy (non-hydrogen) atoms. The van der Waals surface area contributed by atoms with Crippen molar-refractivity contribution >= 4 is 17.3 Å². The van der Waals surface area contributed by atoms with Crippen molar-refractivity contribution < 1.29 is 23.2 Å². The van der Waals surface area contributed by atoms with Gasteiger partial charge in [-0.15, -0.1) is 0 Å². The summed E-state index contributed by atoms with van der Waals surface area (Å²) in [6.07, 6.45) is 0.381. The van der Waals surface area contributed by atoms with Gasteiger partial charge in [0.1, 0.15) is 5.75 Å². The van der Waals surface area contributed by atoms with Crippen molar-refractivity contribution in [1.82, 2.24) is 5.43 Å². The summed E-state index contributed by atoms with van der Waals surface area (Å²) in [5.41, 5.74) is 4.92. The Morgan fingerprint density at radius 1 is 1.17 bits per heavy atom. The highest BCUT2D eigenvalue weighted by Gasteiger charge is 2.20. The average molecular weight is 417 g/mol. The molecule has 0 unspecified atom stereocenters. The van der Waals surface area contributed by atoms with E-state index in [9.17, 15) is 13.6 Å². The highest BCUT2D eigenvalue weighted by molar-refractivity contribution is 5.99. The zero-order chi connectivity index (χ0) is 21.3. The minimum Gasteiger partial charge on any atom is -0.435 e. The van der Waals surface area contributed by atoms with Crippen LogP contribution in [-0.2, 0) is 4.79 Å². The lowest BCUT2D eigenvalue weighted by molar-refractivity contribution is -0.900. The number of piperazine rings is 1. The van der Waals surface area contributed by atoms with Crippen LogP contribution in [0.3, 0.4) is 0 Å². The van der Waals surface area contributed by atoms with Gasteiger partial charge >= 0.3 is 6.61 Å². The third-order valence-electron chi connectivity index (χ3n) is 5.12. The standard InChI is InChI=1S/C22H26F2N4O2/c1-17(18-6-5-9-20(16-18)30-22(23)24)25-26-21(29)10-11-27-12-14-28(15-13-27)19-7-3-2-4-8-19/h2-9,16,22H,10-15H2,1H3,(H,26,29)/p+1/b25-17-. The number of hydrazone groups is 1. The molecule has 0 spiro atoms. The van der Waals surface area contributed by atoms with Crippen molar-refractivity contribution in [3.8, 4) is 5.75 Å². The minimum atomic E-state index is -2.88. The van der Waals surface area contributed by atoms with Crippen molar-refractivity contribution in [2.24, 2.45) is 5.10 Å². The van der Waals surface area contributed by atoms with E-state index < -0.39 is 6.61 Å². The Hall–Kier alpha value is -3.00. The van der Waals surface area contributed by atoms with Crippen LogP contribution < -0.4 is 20.0 Å². The summed E-state index contributed by atoms with van der Waals surface area (Å²) in [6, 6.07) is 16.6. The molecule has 2 N–H and O–H groups in total. The number of rotatable bonds is 8. The monoisotopic (exact) mass is 417 g/mol. The number of carbonyl (C=O) groups excluding carboxylic acids is 1. The molecule has 0 radical (unpaired) electrons. The van der Waals surface area contributed by atoms with Crippen LogP contribution in [-0.4, -0.2) is 51.0 Å². The number of para-hydroxylation sites is 1. The lowest BCUT2D eigenvalue weighted by Crippen LogP contribution is -3.15. The van der Waals surface area contributed by atoms with E-state index >= 15 is 0 Å². The largest absolute Gasteiger partial charge is 0.435 e. The Kier molecular flexibility index (Phi) is 7.73. The molecular formula is C22H27F2N4O2+. The summed E-state index contributed by atoms with van der Waals surface area (Å²) < 4.78 is 29.1. The predicted molar refractivity (Wildman–Crippen MR) is 112 cm³/mol. The lowest BCUT2D eigenvalue weighted by atomic mass is 10.1. The molecule has 1 aliphatic heterocycles. The average Bonchev–Trinajstić information content (AvgIpc) is 2.76. The number of anilines is 1. The second-order valence-corrected chi connectivity index (χ2v) is 7.21. The molecule has 0 atom stereocenters. The van der Waals surface area contributed by atoms with E-state index in [1.54, 1.807) is 19.1 Å². The number of alkyl halides is 2. The Bertz CT molecular complexity index is 853. The maximum atomic E-state index is 12.3. The Morgan fingerprint density at radius 2 is 1.90 bits per heavy atom. The minimum absolute atomic E-state index is 0.0571. The summed E-state index contributed by atoms with van der Waals surface area (Å²) in [5.74, 6) is -0.103. The number of amides is 1. The Labute approximate surface area is 175 Å². The fourth-order valence-corrected chi connectivity index (χ4v) is 3.42. The fourth-order valence-electron chi connectivity index (χ4n) is 3.42. The van der Waals surface area contributed by atoms with Crippen LogP contribution in [0.2, 0.25) is 0 Å². The van der Waals surface area contributed by atoms with E-state index in [-0.39, 0.29) is 11.7 Å². The van der Waals surface area contributed by atoms with Gasteiger partial charge in [0.15, 0.2) is 0 Å². The van der Waals surface area contributed by atoms with E-state index in [1.165, 1.54) is 22.7 Å². The summed E-state index contributed by atoms with van der Waals surface area (Å²) in [4.78, 5) is 15.9. The number of carbonyl (C=O) groups is 1. The molecule has 3 rings (SSSR count). The van der Waals surface area contributed by atoms with E-state index in [4.69, 9.17) is 0 Å². The van der Waals surface area contributed by atoms with Crippen LogP contribution in [0.15, 0.2) is 59.7 Å². The highest BCUT2D eigenvalue weighted by Crippen LogP contribution is 2.16. The van der Waals surface area contributed by atoms with Gasteiger partial charge in [0, 0.05) is 11.3 Å². The SMILES string of the molecule is C/C(=N/NC(=O)CC[NH+]1CCN(c2ccccc2)CC1)c1cccc(OC(F)F)c1. The molecule has 1 fully saturated rings. The van der Waals surface area contributed by atoms with Crippen molar-refractivity contribution in [1.29, 1.82) is 0 Å². The Balaban J connectivity index is 1.42. The zero-order valence-corrected chi connectivity index (χ0v) is 17.0. The van der Waals surface area contributed by atoms with Crippen LogP contribution in [0, 0.1) is 0 Å². The maximum absolute atomic E-state index is 12.3. The normalized spacial score (nSPS) is 15.3. The first-order valence-corrected chi connectivity index (χ1v) is 10.0. The highest BCUT2D eigenvalue weighted by atomic mass is 19.3. The van der Waals surface area contributed by atoms with Gasteiger partial charge in [-0.05, 0) is 31.2 Å². The van der Waals surface area contributed by atoms with Crippen molar-refractivity contribution in [2.75, 3.05) is 37.6 Å². The van der Waals surface area contributed by atoms with Crippen LogP contribution in [0.1, 0.15) is 18.9 Å². The third-order valence-corrected chi connectivity index (χ3v) is 5.12. The predicted octanol–water partition coefficient (Wildman–Crippen LogP) is 1.92. The number of benzene rings is 2. The molecule has 2 aromatic rings. The van der Waals surface area contributed by atoms with E-state index in [2.05, 4.69) is 32.3 Å². The first kappa shape index (κ1) is 21.7. The maximum Gasteiger partial charge on any atom is 0.387 e. The lowest BCUT2D eigenvalue weighted by Gasteiger charge is -2.33. The summed E-state index contributed by atoms with van der Waals surface area (Å²) in [6.45, 7) is 3.48. The number of nitrogens with zero attached hydrogens (tertiary/aromatic N) is 2. The molecular weight excluding hydrogens is 390 g/mol. The first-order valence-electron chi connectivity index (χ1n) is 10.0. The van der Waals surface area contributed by atoms with Gasteiger partial charge < -0.3 is 14.5 Å². The number of halogens is 2. The second-order valence-electron chi connectivity index (χ2n) is 7.21. The van der Waals surface area contributed by atoms with Gasteiger partial charge in [0.25, 0.3) is 0 Å². The van der Waals surface area contributed by atoms with Gasteiger partial charge in [-0.2, -0.15) is 13.9 Å². The van der Waals surface area contributed by atoms with Gasteiger partial charge in [0.05, 0.1) is 44.9 Å². The topological polar surface area (TPSA) is 58.4 Å². The molecule has 160 valence electrons. The van der Waals surface area contributed by atoms with E-state index in [1.807, 2.05) is 18.2 Å². The molecule has 0 saturated carbocycles. The molecule has 1 saturated heterocycles. The van der Waals surface area contributed by atoms with E-state index in [0.717, 1.165) is 32.7 Å². The van der Waals surface area contributed by atoms with E-state index in [0.29, 0.717) is 17.7 Å². The number of hydrogen-bond donors (Lipinski definition) is 2. The van der Waals surface area contributed by atoms with Gasteiger partial charge in [-0.25, -0.2) is 5.43 Å². The molecule has 8 heteroatoms. The molecule has 1 aliphatic rings. The van der Waals surface area contributed by atoms with Gasteiger partial charge in [0.2, 0.25) is 5.91 Å². The Morgan fingerprint density at radius 3 is 2.60 bits per heavy atom. The van der Waals surface area contributed by atoms with Crippen molar-refractivity contribution in [3.05, 3.63) is 60.2 Å². The second kappa shape index (κ2) is 10.7. The summed E-state index contributed by atoms with van der Waals surface area (Å²) in [5, 5.41) is 4.09. The molecule has 0 aliphatic carbocycles. The number of ether oxygens (including phenoxy) is 1. The summed E-state index contributed by atoms with van der Waals surface area (Å²) >= 11 is 0. The smallest absolute Gasteiger partial charge is 0.387 e. The first-order chi connectivity index (χ1) is 14.5. The quantitative estimate of drug-likeness (QED) is 0.510. The van der Waals surface area contributed by atoms with Gasteiger partial charge in [-0.1, -0.05) is 30.3 Å². The van der Waals surface area contributed by atoms with Crippen LogP contribution >= 0.6 is 0 Å². The number of quaternary nitrogens is 1. The van der Waals surface area contributed by atoms with Crippen molar-refractivity contribution in [2.45, 2.75) is 20.0 Å². The van der Waals surface area contributed by atoms with Gasteiger partial charge in [-0.3, -0.25) is 4.79 Å². The zero-order valence-electron chi connectivity index (χ0n) is 17.0. The molecule has 0 bridgehead atoms. The third kappa shape index (κ3) is 6.52. The van der Waals surface area contributed by atoms with Crippen LogP contribution in [0.5, 0.6) is 5.75 Å². The number of nitrogens with one attached hydrogen (secondary N) is 2. The van der Waals surface area contributed by atoms with Crippen molar-refractivity contribution in [3.63, 3.8) is 0 Å². The molecule has 0 aromatic heterocycles. The molecule has 1 heterocycles.